The zero-order valence-corrected chi connectivity index (χ0v) is 9.56. The summed E-state index contributed by atoms with van der Waals surface area (Å²) in [6.07, 6.45) is 1.44. The van der Waals surface area contributed by atoms with E-state index in [1.54, 1.807) is 27.0 Å². The van der Waals surface area contributed by atoms with Crippen molar-refractivity contribution in [3.63, 3.8) is 0 Å². The first-order valence-electron chi connectivity index (χ1n) is 4.96. The molecular formula is C11H15NO4. The van der Waals surface area contributed by atoms with E-state index in [-0.39, 0.29) is 12.5 Å². The minimum atomic E-state index is -0.913. The lowest BCUT2D eigenvalue weighted by atomic mass is 10.1. The van der Waals surface area contributed by atoms with Crippen LogP contribution in [-0.2, 0) is 4.79 Å². The van der Waals surface area contributed by atoms with Crippen LogP contribution in [-0.4, -0.2) is 35.5 Å². The maximum Gasteiger partial charge on any atom is 0.308 e. The second-order valence-corrected chi connectivity index (χ2v) is 3.82. The summed E-state index contributed by atoms with van der Waals surface area (Å²) in [5.74, 6) is -1.18. The smallest absolute Gasteiger partial charge is 0.308 e. The van der Waals surface area contributed by atoms with Crippen LogP contribution in [0.15, 0.2) is 16.7 Å². The van der Waals surface area contributed by atoms with Gasteiger partial charge in [0.1, 0.15) is 5.76 Å². The van der Waals surface area contributed by atoms with Crippen molar-refractivity contribution in [1.29, 1.82) is 0 Å². The SMILES string of the molecule is Cc1occc1C(=O)N(C)CC(C)C(=O)O. The average Bonchev–Trinajstić information content (AvgIpc) is 2.62. The summed E-state index contributed by atoms with van der Waals surface area (Å²) in [4.78, 5) is 23.9. The van der Waals surface area contributed by atoms with E-state index >= 15 is 0 Å². The van der Waals surface area contributed by atoms with Crippen molar-refractivity contribution in [3.8, 4) is 0 Å². The highest BCUT2D eigenvalue weighted by atomic mass is 16.4. The first-order chi connectivity index (χ1) is 7.43. The van der Waals surface area contributed by atoms with Crippen molar-refractivity contribution in [1.82, 2.24) is 4.90 Å². The fourth-order valence-corrected chi connectivity index (χ4v) is 1.38. The maximum atomic E-state index is 11.9. The number of aliphatic carboxylic acids is 1. The number of furan rings is 1. The van der Waals surface area contributed by atoms with Gasteiger partial charge in [-0.15, -0.1) is 0 Å². The Kier molecular flexibility index (Phi) is 3.71. The molecular weight excluding hydrogens is 210 g/mol. The molecule has 5 heteroatoms. The topological polar surface area (TPSA) is 70.8 Å². The Morgan fingerprint density at radius 1 is 1.56 bits per heavy atom. The number of aryl methyl sites for hydroxylation is 1. The molecule has 0 aromatic carbocycles. The third-order valence-electron chi connectivity index (χ3n) is 2.41. The van der Waals surface area contributed by atoms with E-state index in [0.29, 0.717) is 11.3 Å². The van der Waals surface area contributed by atoms with E-state index in [4.69, 9.17) is 9.52 Å². The van der Waals surface area contributed by atoms with E-state index in [9.17, 15) is 9.59 Å². The first kappa shape index (κ1) is 12.3. The van der Waals surface area contributed by atoms with Crippen LogP contribution in [0.3, 0.4) is 0 Å². The second kappa shape index (κ2) is 4.83. The zero-order valence-electron chi connectivity index (χ0n) is 9.56. The molecule has 0 fully saturated rings. The minimum Gasteiger partial charge on any atom is -0.481 e. The average molecular weight is 225 g/mol. The lowest BCUT2D eigenvalue weighted by molar-refractivity contribution is -0.141. The molecule has 1 heterocycles. The molecule has 1 aromatic heterocycles. The van der Waals surface area contributed by atoms with Gasteiger partial charge in [-0.2, -0.15) is 0 Å². The van der Waals surface area contributed by atoms with E-state index in [1.165, 1.54) is 11.2 Å². The van der Waals surface area contributed by atoms with Gasteiger partial charge in [-0.1, -0.05) is 6.92 Å². The number of rotatable bonds is 4. The Balaban J connectivity index is 2.69. The molecule has 0 saturated heterocycles. The number of nitrogens with zero attached hydrogens (tertiary/aromatic N) is 1. The standard InChI is InChI=1S/C11H15NO4/c1-7(11(14)15)6-12(3)10(13)9-4-5-16-8(9)2/h4-5,7H,6H2,1-3H3,(H,14,15). The lowest BCUT2D eigenvalue weighted by Crippen LogP contribution is -2.33. The fourth-order valence-electron chi connectivity index (χ4n) is 1.38. The van der Waals surface area contributed by atoms with Crippen LogP contribution < -0.4 is 0 Å². The van der Waals surface area contributed by atoms with Gasteiger partial charge in [-0.05, 0) is 13.0 Å². The molecule has 1 atom stereocenters. The molecule has 1 unspecified atom stereocenters. The highest BCUT2D eigenvalue weighted by Gasteiger charge is 2.20. The molecule has 0 aliphatic rings. The zero-order chi connectivity index (χ0) is 12.3. The minimum absolute atomic E-state index is 0.179. The second-order valence-electron chi connectivity index (χ2n) is 3.82. The summed E-state index contributed by atoms with van der Waals surface area (Å²) < 4.78 is 5.02. The molecule has 0 spiro atoms. The molecule has 1 N–H and O–H groups in total. The number of carboxylic acids is 1. The number of carbonyl (C=O) groups excluding carboxylic acids is 1. The summed E-state index contributed by atoms with van der Waals surface area (Å²) in [6.45, 7) is 3.44. The van der Waals surface area contributed by atoms with Gasteiger partial charge in [0, 0.05) is 13.6 Å². The molecule has 0 aliphatic heterocycles. The largest absolute Gasteiger partial charge is 0.481 e. The van der Waals surface area contributed by atoms with Crippen LogP contribution in [0.25, 0.3) is 0 Å². The summed E-state index contributed by atoms with van der Waals surface area (Å²) in [5.41, 5.74) is 0.472. The molecule has 0 aliphatic carbocycles. The van der Waals surface area contributed by atoms with Crippen molar-refractivity contribution in [2.24, 2.45) is 5.92 Å². The molecule has 0 radical (unpaired) electrons. The molecule has 16 heavy (non-hydrogen) atoms. The van der Waals surface area contributed by atoms with Crippen LogP contribution in [0.5, 0.6) is 0 Å². The third-order valence-corrected chi connectivity index (χ3v) is 2.41. The highest BCUT2D eigenvalue weighted by molar-refractivity contribution is 5.95. The van der Waals surface area contributed by atoms with Crippen molar-refractivity contribution < 1.29 is 19.1 Å². The van der Waals surface area contributed by atoms with E-state index < -0.39 is 11.9 Å². The van der Waals surface area contributed by atoms with Gasteiger partial charge < -0.3 is 14.4 Å². The van der Waals surface area contributed by atoms with Gasteiger partial charge in [0.25, 0.3) is 5.91 Å². The summed E-state index contributed by atoms with van der Waals surface area (Å²) in [6, 6.07) is 1.58. The lowest BCUT2D eigenvalue weighted by Gasteiger charge is -2.18. The number of hydrogen-bond donors (Lipinski definition) is 1. The third kappa shape index (κ3) is 2.62. The van der Waals surface area contributed by atoms with Crippen molar-refractivity contribution in [3.05, 3.63) is 23.7 Å². The quantitative estimate of drug-likeness (QED) is 0.840. The van der Waals surface area contributed by atoms with Crippen molar-refractivity contribution >= 4 is 11.9 Å². The summed E-state index contributed by atoms with van der Waals surface area (Å²) >= 11 is 0. The van der Waals surface area contributed by atoms with Gasteiger partial charge in [0.15, 0.2) is 0 Å². The molecule has 5 nitrogen and oxygen atoms in total. The Morgan fingerprint density at radius 3 is 2.62 bits per heavy atom. The maximum absolute atomic E-state index is 11.9. The summed E-state index contributed by atoms with van der Waals surface area (Å²) in [5, 5.41) is 8.74. The van der Waals surface area contributed by atoms with Gasteiger partial charge in [0.05, 0.1) is 17.7 Å². The Hall–Kier alpha value is -1.78. The molecule has 88 valence electrons. The number of amides is 1. The Bertz CT molecular complexity index is 396. The molecule has 0 saturated carbocycles. The highest BCUT2D eigenvalue weighted by Crippen LogP contribution is 2.12. The van der Waals surface area contributed by atoms with E-state index in [0.717, 1.165) is 0 Å². The fraction of sp³-hybridized carbons (Fsp3) is 0.455. The van der Waals surface area contributed by atoms with Gasteiger partial charge >= 0.3 is 5.97 Å². The first-order valence-corrected chi connectivity index (χ1v) is 4.96. The van der Waals surface area contributed by atoms with Crippen molar-refractivity contribution in [2.75, 3.05) is 13.6 Å². The Labute approximate surface area is 93.7 Å². The monoisotopic (exact) mass is 225 g/mol. The molecule has 1 amide bonds. The van der Waals surface area contributed by atoms with Crippen LogP contribution in [0.4, 0.5) is 0 Å². The van der Waals surface area contributed by atoms with Gasteiger partial charge in [-0.25, -0.2) is 0 Å². The van der Waals surface area contributed by atoms with Crippen LogP contribution in [0.1, 0.15) is 23.0 Å². The van der Waals surface area contributed by atoms with E-state index in [1.807, 2.05) is 0 Å². The predicted molar refractivity (Wildman–Crippen MR) is 57.2 cm³/mol. The van der Waals surface area contributed by atoms with E-state index in [2.05, 4.69) is 0 Å². The summed E-state index contributed by atoms with van der Waals surface area (Å²) in [7, 11) is 1.58. The number of carboxylic acid groups (broad SMARTS) is 1. The van der Waals surface area contributed by atoms with Crippen molar-refractivity contribution in [2.45, 2.75) is 13.8 Å². The molecule has 1 aromatic rings. The van der Waals surface area contributed by atoms with Crippen LogP contribution in [0, 0.1) is 12.8 Å². The van der Waals surface area contributed by atoms with Gasteiger partial charge in [0.2, 0.25) is 0 Å². The van der Waals surface area contributed by atoms with Crippen LogP contribution >= 0.6 is 0 Å². The van der Waals surface area contributed by atoms with Crippen LogP contribution in [0.2, 0.25) is 0 Å². The van der Waals surface area contributed by atoms with Gasteiger partial charge in [-0.3, -0.25) is 9.59 Å². The predicted octanol–water partition coefficient (Wildman–Crippen LogP) is 1.38. The molecule has 1 rings (SSSR count). The molecule has 0 bridgehead atoms. The Morgan fingerprint density at radius 2 is 2.19 bits per heavy atom. The number of carbonyl (C=O) groups is 2. The number of hydrogen-bond acceptors (Lipinski definition) is 3. The normalized spacial score (nSPS) is 12.2.